The summed E-state index contributed by atoms with van der Waals surface area (Å²) in [5, 5.41) is 3.23. The van der Waals surface area contributed by atoms with Gasteiger partial charge in [-0.15, -0.1) is 0 Å². The third-order valence-corrected chi connectivity index (χ3v) is 6.44. The molecule has 0 aliphatic carbocycles. The first-order valence-electron chi connectivity index (χ1n) is 12.4. The minimum absolute atomic E-state index is 0.190. The Morgan fingerprint density at radius 3 is 2.66 bits per heavy atom. The molecule has 1 fully saturated rings. The number of aliphatic imine (C=N–C) groups is 1. The number of nitrogens with zero attached hydrogens (tertiary/aromatic N) is 5. The van der Waals surface area contributed by atoms with Gasteiger partial charge in [-0.05, 0) is 43.7 Å². The molecule has 4 rings (SSSR count). The number of imidazole rings is 1. The lowest BCUT2D eigenvalue weighted by atomic mass is 10.0. The Morgan fingerprint density at radius 1 is 1.24 bits per heavy atom. The number of H-pyrrole nitrogens is 1. The summed E-state index contributed by atoms with van der Waals surface area (Å²) >= 11 is 0. The van der Waals surface area contributed by atoms with E-state index in [2.05, 4.69) is 49.9 Å². The van der Waals surface area contributed by atoms with Crippen LogP contribution in [0.25, 0.3) is 27.9 Å². The zero-order valence-electron chi connectivity index (χ0n) is 22.2. The van der Waals surface area contributed by atoms with Gasteiger partial charge in [0.05, 0.1) is 11.2 Å². The fourth-order valence-corrected chi connectivity index (χ4v) is 4.20. The second kappa shape index (κ2) is 11.7. The maximum absolute atomic E-state index is 5.93. The number of likely N-dealkylation sites (tertiary alicyclic amines) is 1. The van der Waals surface area contributed by atoms with Gasteiger partial charge in [-0.2, -0.15) is 0 Å². The number of hydrogen-bond donors (Lipinski definition) is 3. The van der Waals surface area contributed by atoms with E-state index in [1.54, 1.807) is 18.5 Å². The zero-order valence-corrected chi connectivity index (χ0v) is 22.2. The van der Waals surface area contributed by atoms with E-state index in [0.29, 0.717) is 22.6 Å². The van der Waals surface area contributed by atoms with Crippen LogP contribution < -0.4 is 11.1 Å². The van der Waals surface area contributed by atoms with Gasteiger partial charge in [-0.1, -0.05) is 38.0 Å². The summed E-state index contributed by atoms with van der Waals surface area (Å²) in [5.41, 5.74) is 13.4. The lowest BCUT2D eigenvalue weighted by Gasteiger charge is -2.38. The zero-order chi connectivity index (χ0) is 27.2. The molecule has 8 heteroatoms. The molecule has 1 aliphatic heterocycles. The second-order valence-electron chi connectivity index (χ2n) is 9.03. The summed E-state index contributed by atoms with van der Waals surface area (Å²) in [5.74, 6) is 1.44. The summed E-state index contributed by atoms with van der Waals surface area (Å²) in [7, 11) is 1.85. The molecule has 1 aliphatic rings. The van der Waals surface area contributed by atoms with E-state index < -0.39 is 0 Å². The van der Waals surface area contributed by atoms with E-state index in [4.69, 9.17) is 10.7 Å². The standard InChI is InChI=1S/C30H34N8/c1-7-25(35-27(8-2)38-17-23(31)18-38)19(3)11-12-26(32-6)20(4)21(5)29-36-28-24(13-15-34-30(28)37-29)22-10-9-14-33-16-22/h7-16,23,32H,2,4-5,17-18,31H2,1,3,6H3,(H,34,36,37)/b19-11+,25-7-,26-12+,35-27?. The number of nitrogens with two attached hydrogens (primary N) is 1. The Labute approximate surface area is 223 Å². The van der Waals surface area contributed by atoms with E-state index >= 15 is 0 Å². The Hall–Kier alpha value is -4.56. The van der Waals surface area contributed by atoms with Crippen LogP contribution in [0.3, 0.4) is 0 Å². The Balaban J connectivity index is 1.57. The number of allylic oxidation sites excluding steroid dienone is 5. The van der Waals surface area contributed by atoms with Crippen molar-refractivity contribution < 1.29 is 0 Å². The van der Waals surface area contributed by atoms with Crippen LogP contribution in [0.4, 0.5) is 0 Å². The van der Waals surface area contributed by atoms with E-state index in [-0.39, 0.29) is 6.04 Å². The van der Waals surface area contributed by atoms with E-state index in [1.807, 2.05) is 63.5 Å². The number of pyridine rings is 2. The van der Waals surface area contributed by atoms with Crippen molar-refractivity contribution in [3.8, 4) is 11.1 Å². The molecule has 3 aromatic rings. The van der Waals surface area contributed by atoms with Crippen molar-refractivity contribution in [2.45, 2.75) is 19.9 Å². The molecule has 0 bridgehead atoms. The van der Waals surface area contributed by atoms with Crippen LogP contribution in [0.15, 0.2) is 108 Å². The summed E-state index contributed by atoms with van der Waals surface area (Å²) in [6.07, 6.45) is 13.0. The van der Waals surface area contributed by atoms with Crippen molar-refractivity contribution in [3.05, 3.63) is 109 Å². The van der Waals surface area contributed by atoms with Gasteiger partial charge in [-0.25, -0.2) is 15.0 Å². The van der Waals surface area contributed by atoms with E-state index in [1.165, 1.54) is 0 Å². The van der Waals surface area contributed by atoms with Crippen molar-refractivity contribution in [1.29, 1.82) is 0 Å². The van der Waals surface area contributed by atoms with Crippen molar-refractivity contribution >= 4 is 22.6 Å². The topological polar surface area (TPSA) is 108 Å². The van der Waals surface area contributed by atoms with Gasteiger partial charge in [0, 0.05) is 72.7 Å². The molecule has 0 aromatic carbocycles. The molecule has 3 aromatic heterocycles. The van der Waals surface area contributed by atoms with Crippen LogP contribution in [0.2, 0.25) is 0 Å². The lowest BCUT2D eigenvalue weighted by molar-refractivity contribution is 0.255. The average Bonchev–Trinajstić information content (AvgIpc) is 3.37. The average molecular weight is 507 g/mol. The monoisotopic (exact) mass is 506 g/mol. The van der Waals surface area contributed by atoms with Crippen molar-refractivity contribution in [2.24, 2.45) is 10.7 Å². The number of hydrogen-bond acceptors (Lipinski definition) is 6. The smallest absolute Gasteiger partial charge is 0.178 e. The van der Waals surface area contributed by atoms with Crippen molar-refractivity contribution in [1.82, 2.24) is 30.2 Å². The molecule has 8 nitrogen and oxygen atoms in total. The molecule has 4 heterocycles. The van der Waals surface area contributed by atoms with Crippen LogP contribution in [0.1, 0.15) is 19.7 Å². The van der Waals surface area contributed by atoms with Crippen molar-refractivity contribution in [2.75, 3.05) is 20.1 Å². The number of likely N-dealkylation sites (N-methyl/N-ethyl adjacent to an activating group) is 1. The van der Waals surface area contributed by atoms with E-state index in [9.17, 15) is 0 Å². The third kappa shape index (κ3) is 5.55. The molecule has 0 radical (unpaired) electrons. The molecular weight excluding hydrogens is 472 g/mol. The van der Waals surface area contributed by atoms with Crippen LogP contribution in [-0.4, -0.2) is 56.9 Å². The number of fused-ring (bicyclic) bond motifs is 1. The highest BCUT2D eigenvalue weighted by Crippen LogP contribution is 2.29. The molecule has 0 saturated carbocycles. The summed E-state index contributed by atoms with van der Waals surface area (Å²) < 4.78 is 0. The summed E-state index contributed by atoms with van der Waals surface area (Å²) in [6.45, 7) is 18.0. The molecule has 0 spiro atoms. The van der Waals surface area contributed by atoms with Gasteiger partial charge in [-0.3, -0.25) is 4.98 Å². The quantitative estimate of drug-likeness (QED) is 0.219. The number of aromatic nitrogens is 4. The SMILES string of the molecule is C=CC(=NC(=C\C)/C(C)=C/C=C(/NC)C(=C)C(=C)c1nc2nccc(-c3cccnc3)c2[nH]1)N1CC(N)C1. The summed E-state index contributed by atoms with van der Waals surface area (Å²) in [6, 6.07) is 6.05. The third-order valence-electron chi connectivity index (χ3n) is 6.44. The van der Waals surface area contributed by atoms with Gasteiger partial charge in [0.1, 0.15) is 11.7 Å². The molecule has 4 N–H and O–H groups in total. The largest absolute Gasteiger partial charge is 0.388 e. The maximum atomic E-state index is 5.93. The normalized spacial score (nSPS) is 15.4. The molecule has 0 atom stereocenters. The van der Waals surface area contributed by atoms with Gasteiger partial charge < -0.3 is 20.9 Å². The minimum atomic E-state index is 0.190. The fraction of sp³-hybridized carbons (Fsp3) is 0.200. The molecule has 38 heavy (non-hydrogen) atoms. The highest BCUT2D eigenvalue weighted by molar-refractivity contribution is 5.94. The van der Waals surface area contributed by atoms with Crippen LogP contribution in [0, 0.1) is 0 Å². The van der Waals surface area contributed by atoms with Crippen LogP contribution in [0.5, 0.6) is 0 Å². The molecule has 0 amide bonds. The van der Waals surface area contributed by atoms with Gasteiger partial charge >= 0.3 is 0 Å². The highest BCUT2D eigenvalue weighted by Gasteiger charge is 2.24. The number of rotatable bonds is 9. The van der Waals surface area contributed by atoms with E-state index in [0.717, 1.165) is 52.5 Å². The highest BCUT2D eigenvalue weighted by atomic mass is 15.3. The Kier molecular flexibility index (Phi) is 8.13. The minimum Gasteiger partial charge on any atom is -0.388 e. The molecular formula is C30H34N8. The number of nitrogens with one attached hydrogen (secondary N) is 2. The Morgan fingerprint density at radius 2 is 2.03 bits per heavy atom. The van der Waals surface area contributed by atoms with Crippen molar-refractivity contribution in [3.63, 3.8) is 0 Å². The summed E-state index contributed by atoms with van der Waals surface area (Å²) in [4.78, 5) is 23.7. The predicted octanol–water partition coefficient (Wildman–Crippen LogP) is 4.77. The molecule has 194 valence electrons. The first-order chi connectivity index (χ1) is 18.4. The van der Waals surface area contributed by atoms with Crippen LogP contribution >= 0.6 is 0 Å². The fourth-order valence-electron chi connectivity index (χ4n) is 4.20. The first-order valence-corrected chi connectivity index (χ1v) is 12.4. The van der Waals surface area contributed by atoms with Gasteiger partial charge in [0.2, 0.25) is 0 Å². The van der Waals surface area contributed by atoms with Gasteiger partial charge in [0.25, 0.3) is 0 Å². The molecule has 0 unspecified atom stereocenters. The Bertz CT molecular complexity index is 1480. The first kappa shape index (κ1) is 26.5. The maximum Gasteiger partial charge on any atom is 0.178 e. The van der Waals surface area contributed by atoms with Gasteiger partial charge in [0.15, 0.2) is 5.65 Å². The molecule has 1 saturated heterocycles. The number of amidine groups is 1. The van der Waals surface area contributed by atoms with Crippen LogP contribution in [-0.2, 0) is 0 Å². The lowest BCUT2D eigenvalue weighted by Crippen LogP contribution is -2.57. The second-order valence-corrected chi connectivity index (χ2v) is 9.03. The predicted molar refractivity (Wildman–Crippen MR) is 157 cm³/mol. The number of aromatic amines is 1.